The quantitative estimate of drug-likeness (QED) is 0.365. The third-order valence-electron chi connectivity index (χ3n) is 6.13. The van der Waals surface area contributed by atoms with Crippen molar-refractivity contribution in [3.05, 3.63) is 78.1 Å². The lowest BCUT2D eigenvalue weighted by Gasteiger charge is -2.33. The van der Waals surface area contributed by atoms with E-state index in [0.29, 0.717) is 40.7 Å². The molecule has 34 heavy (non-hydrogen) atoms. The summed E-state index contributed by atoms with van der Waals surface area (Å²) in [6.07, 6.45) is 5.57. The number of amides is 2. The van der Waals surface area contributed by atoms with Crippen LogP contribution in [-0.2, 0) is 0 Å². The number of para-hydroxylation sites is 1. The molecule has 1 aliphatic heterocycles. The topological polar surface area (TPSA) is 110 Å². The molecule has 1 aromatic heterocycles. The average Bonchev–Trinajstić information content (AvgIpc) is 2.89. The van der Waals surface area contributed by atoms with Gasteiger partial charge in [-0.1, -0.05) is 6.07 Å². The number of pyridine rings is 1. The van der Waals surface area contributed by atoms with Crippen LogP contribution in [0.15, 0.2) is 67.0 Å². The van der Waals surface area contributed by atoms with E-state index in [4.69, 9.17) is 10.5 Å². The zero-order valence-corrected chi connectivity index (χ0v) is 19.2. The number of hydrogen-bond acceptors (Lipinski definition) is 6. The predicted octanol–water partition coefficient (Wildman–Crippen LogP) is 3.94. The van der Waals surface area contributed by atoms with Crippen molar-refractivity contribution < 1.29 is 14.3 Å². The number of carbonyl (C=O) groups excluding carboxylic acids is 2. The van der Waals surface area contributed by atoms with Gasteiger partial charge in [0.25, 0.3) is 0 Å². The number of nitrogen functional groups attached to an aromatic ring is 1. The zero-order chi connectivity index (χ0) is 23.9. The average molecular weight is 460 g/mol. The summed E-state index contributed by atoms with van der Waals surface area (Å²) in [5.41, 5.74) is 8.76. The first-order chi connectivity index (χ1) is 16.5. The molecule has 176 valence electrons. The fourth-order valence-electron chi connectivity index (χ4n) is 4.14. The Bertz CT molecular complexity index is 1130. The highest BCUT2D eigenvalue weighted by Crippen LogP contribution is 2.27. The second-order valence-electron chi connectivity index (χ2n) is 8.30. The maximum Gasteiger partial charge on any atom is 0.319 e. The predicted molar refractivity (Wildman–Crippen MR) is 133 cm³/mol. The van der Waals surface area contributed by atoms with Gasteiger partial charge in [-0.25, -0.2) is 4.79 Å². The van der Waals surface area contributed by atoms with Crippen LogP contribution in [-0.4, -0.2) is 43.5 Å². The van der Waals surface area contributed by atoms with Crippen molar-refractivity contribution >= 4 is 28.9 Å². The van der Waals surface area contributed by atoms with Gasteiger partial charge in [-0.15, -0.1) is 0 Å². The van der Waals surface area contributed by atoms with Gasteiger partial charge in [-0.05, 0) is 67.3 Å². The number of benzene rings is 2. The maximum absolute atomic E-state index is 13.1. The standard InChI is InChI=1S/C26H29N5O3/c1-34-21-7-5-19(6-8-21)25(32)22-3-2-4-23(27)24(22)30-26(33)29-17-18-11-15-31(16-12-18)20-9-13-28-14-10-20/h2-10,13-14,18H,11-12,15-17,27H2,1H3,(H2,29,30,33). The minimum Gasteiger partial charge on any atom is -0.497 e. The Balaban J connectivity index is 1.34. The van der Waals surface area contributed by atoms with E-state index < -0.39 is 0 Å². The molecule has 1 fully saturated rings. The molecule has 0 spiro atoms. The molecule has 0 atom stereocenters. The molecule has 0 saturated carbocycles. The summed E-state index contributed by atoms with van der Waals surface area (Å²) in [5, 5.41) is 5.73. The SMILES string of the molecule is COc1ccc(C(=O)c2cccc(N)c2NC(=O)NCC2CCN(c3ccncc3)CC2)cc1. The fourth-order valence-corrected chi connectivity index (χ4v) is 4.14. The number of anilines is 3. The number of ether oxygens (including phenoxy) is 1. The maximum atomic E-state index is 13.1. The van der Waals surface area contributed by atoms with E-state index in [9.17, 15) is 9.59 Å². The number of ketones is 1. The normalized spacial score (nSPS) is 13.9. The van der Waals surface area contributed by atoms with Crippen LogP contribution >= 0.6 is 0 Å². The molecule has 0 radical (unpaired) electrons. The number of urea groups is 1. The van der Waals surface area contributed by atoms with Gasteiger partial charge in [0.2, 0.25) is 0 Å². The summed E-state index contributed by atoms with van der Waals surface area (Å²) in [6, 6.07) is 15.5. The second kappa shape index (κ2) is 10.7. The van der Waals surface area contributed by atoms with Crippen LogP contribution < -0.4 is 26.0 Å². The number of aromatic nitrogens is 1. The molecule has 8 heteroatoms. The number of methoxy groups -OCH3 is 1. The summed E-state index contributed by atoms with van der Waals surface area (Å²) >= 11 is 0. The highest BCUT2D eigenvalue weighted by molar-refractivity contribution is 6.15. The second-order valence-corrected chi connectivity index (χ2v) is 8.30. The van der Waals surface area contributed by atoms with Crippen molar-refractivity contribution in [3.8, 4) is 5.75 Å². The first-order valence-electron chi connectivity index (χ1n) is 11.3. The molecule has 2 aromatic carbocycles. The molecule has 0 aliphatic carbocycles. The van der Waals surface area contributed by atoms with Gasteiger partial charge in [0.1, 0.15) is 5.75 Å². The van der Waals surface area contributed by atoms with Crippen molar-refractivity contribution in [1.82, 2.24) is 10.3 Å². The Morgan fingerprint density at radius 2 is 1.76 bits per heavy atom. The first-order valence-corrected chi connectivity index (χ1v) is 11.3. The Morgan fingerprint density at radius 3 is 2.44 bits per heavy atom. The van der Waals surface area contributed by atoms with Crippen LogP contribution in [0.1, 0.15) is 28.8 Å². The Morgan fingerprint density at radius 1 is 1.06 bits per heavy atom. The molecule has 0 bridgehead atoms. The number of piperidine rings is 1. The lowest BCUT2D eigenvalue weighted by atomic mass is 9.96. The van der Waals surface area contributed by atoms with Crippen LogP contribution in [0.4, 0.5) is 21.9 Å². The molecular formula is C26H29N5O3. The Hall–Kier alpha value is -4.07. The van der Waals surface area contributed by atoms with Crippen molar-refractivity contribution in [2.24, 2.45) is 5.92 Å². The highest BCUT2D eigenvalue weighted by atomic mass is 16.5. The molecule has 2 amide bonds. The van der Waals surface area contributed by atoms with Crippen LogP contribution in [0, 0.1) is 5.92 Å². The lowest BCUT2D eigenvalue weighted by Crippen LogP contribution is -2.40. The van der Waals surface area contributed by atoms with E-state index in [1.165, 1.54) is 5.69 Å². The summed E-state index contributed by atoms with van der Waals surface area (Å²) in [5.74, 6) is 0.819. The number of nitrogens with one attached hydrogen (secondary N) is 2. The van der Waals surface area contributed by atoms with E-state index in [1.54, 1.807) is 62.0 Å². The molecule has 4 N–H and O–H groups in total. The fraction of sp³-hybridized carbons (Fsp3) is 0.269. The van der Waals surface area contributed by atoms with E-state index in [2.05, 4.69) is 20.5 Å². The van der Waals surface area contributed by atoms with Crippen molar-refractivity contribution in [2.45, 2.75) is 12.8 Å². The van der Waals surface area contributed by atoms with Gasteiger partial charge in [-0.2, -0.15) is 0 Å². The van der Waals surface area contributed by atoms with E-state index in [-0.39, 0.29) is 11.8 Å². The number of nitrogens with zero attached hydrogens (tertiary/aromatic N) is 2. The van der Waals surface area contributed by atoms with Gasteiger partial charge in [0.15, 0.2) is 5.78 Å². The van der Waals surface area contributed by atoms with E-state index in [1.807, 2.05) is 12.1 Å². The minimum atomic E-state index is -0.377. The third-order valence-corrected chi connectivity index (χ3v) is 6.13. The molecule has 3 aromatic rings. The van der Waals surface area contributed by atoms with E-state index >= 15 is 0 Å². The minimum absolute atomic E-state index is 0.228. The summed E-state index contributed by atoms with van der Waals surface area (Å²) in [7, 11) is 1.57. The van der Waals surface area contributed by atoms with Gasteiger partial charge >= 0.3 is 6.03 Å². The number of nitrogens with two attached hydrogens (primary N) is 1. The van der Waals surface area contributed by atoms with Crippen LogP contribution in [0.5, 0.6) is 5.75 Å². The zero-order valence-electron chi connectivity index (χ0n) is 19.2. The third kappa shape index (κ3) is 5.46. The van der Waals surface area contributed by atoms with E-state index in [0.717, 1.165) is 25.9 Å². The Labute approximate surface area is 199 Å². The number of rotatable bonds is 7. The summed E-state index contributed by atoms with van der Waals surface area (Å²) in [6.45, 7) is 2.43. The first kappa shape index (κ1) is 23.1. The molecule has 8 nitrogen and oxygen atoms in total. The van der Waals surface area contributed by atoms with Crippen LogP contribution in [0.3, 0.4) is 0 Å². The summed E-state index contributed by atoms with van der Waals surface area (Å²) < 4.78 is 5.15. The van der Waals surface area contributed by atoms with Gasteiger partial charge in [-0.3, -0.25) is 9.78 Å². The van der Waals surface area contributed by atoms with Crippen molar-refractivity contribution in [2.75, 3.05) is 42.7 Å². The molecule has 0 unspecified atom stereocenters. The molecule has 1 aliphatic rings. The summed E-state index contributed by atoms with van der Waals surface area (Å²) in [4.78, 5) is 32.1. The van der Waals surface area contributed by atoms with Crippen molar-refractivity contribution in [3.63, 3.8) is 0 Å². The Kier molecular flexibility index (Phi) is 7.27. The monoisotopic (exact) mass is 459 g/mol. The lowest BCUT2D eigenvalue weighted by molar-refractivity contribution is 0.103. The smallest absolute Gasteiger partial charge is 0.319 e. The van der Waals surface area contributed by atoms with Gasteiger partial charge < -0.3 is 26.0 Å². The van der Waals surface area contributed by atoms with Crippen LogP contribution in [0.2, 0.25) is 0 Å². The van der Waals surface area contributed by atoms with Crippen molar-refractivity contribution in [1.29, 1.82) is 0 Å². The van der Waals surface area contributed by atoms with Gasteiger partial charge in [0, 0.05) is 48.8 Å². The number of carbonyl (C=O) groups is 2. The van der Waals surface area contributed by atoms with Crippen LogP contribution in [0.25, 0.3) is 0 Å². The molecular weight excluding hydrogens is 430 g/mol. The molecule has 2 heterocycles. The molecule has 4 rings (SSSR count). The number of hydrogen-bond donors (Lipinski definition) is 3. The molecule has 1 saturated heterocycles. The van der Waals surface area contributed by atoms with Gasteiger partial charge in [0.05, 0.1) is 18.5 Å². The largest absolute Gasteiger partial charge is 0.497 e. The highest BCUT2D eigenvalue weighted by Gasteiger charge is 2.21.